The SMILES string of the molecule is COC(=O)c1cccc(-c2ccc([C@@H]3[C@H](c4ccccn4)NC(=S)N3c3ccc(NS(C)(=O)=O)c(C)c3)o2)c1. The number of carbonyl (C=O) groups is 1. The van der Waals surface area contributed by atoms with Crippen molar-refractivity contribution in [2.75, 3.05) is 23.0 Å². The molecule has 0 amide bonds. The molecule has 0 unspecified atom stereocenters. The zero-order valence-electron chi connectivity index (χ0n) is 21.4. The molecular formula is C28H26N4O5S2. The molecule has 0 radical (unpaired) electrons. The summed E-state index contributed by atoms with van der Waals surface area (Å²) in [6.07, 6.45) is 2.84. The van der Waals surface area contributed by atoms with Crippen molar-refractivity contribution in [3.8, 4) is 11.3 Å². The van der Waals surface area contributed by atoms with Gasteiger partial charge in [-0.15, -0.1) is 0 Å². The quantitative estimate of drug-likeness (QED) is 0.238. The maximum Gasteiger partial charge on any atom is 0.337 e. The van der Waals surface area contributed by atoms with Crippen molar-refractivity contribution in [1.29, 1.82) is 0 Å². The fraction of sp³-hybridized carbons (Fsp3) is 0.179. The summed E-state index contributed by atoms with van der Waals surface area (Å²) in [5.41, 5.74) is 3.92. The van der Waals surface area contributed by atoms with E-state index in [0.717, 1.165) is 28.8 Å². The molecule has 2 aromatic carbocycles. The molecule has 11 heteroatoms. The first kappa shape index (κ1) is 26.4. The highest BCUT2D eigenvalue weighted by molar-refractivity contribution is 7.92. The number of nitrogens with one attached hydrogen (secondary N) is 2. The van der Waals surface area contributed by atoms with E-state index in [2.05, 4.69) is 15.0 Å². The zero-order valence-corrected chi connectivity index (χ0v) is 23.0. The van der Waals surface area contributed by atoms with Crippen LogP contribution >= 0.6 is 12.2 Å². The van der Waals surface area contributed by atoms with Crippen molar-refractivity contribution >= 4 is 44.7 Å². The van der Waals surface area contributed by atoms with Gasteiger partial charge in [0.05, 0.1) is 36.4 Å². The molecule has 0 aliphatic carbocycles. The van der Waals surface area contributed by atoms with Gasteiger partial charge < -0.3 is 19.4 Å². The van der Waals surface area contributed by atoms with Gasteiger partial charge >= 0.3 is 5.97 Å². The highest BCUT2D eigenvalue weighted by Gasteiger charge is 2.42. The number of benzene rings is 2. The number of nitrogens with zero attached hydrogens (tertiary/aromatic N) is 2. The molecule has 3 heterocycles. The fourth-order valence-corrected chi connectivity index (χ4v) is 5.59. The molecule has 0 spiro atoms. The van der Waals surface area contributed by atoms with E-state index >= 15 is 0 Å². The molecule has 1 fully saturated rings. The number of aromatic nitrogens is 1. The van der Waals surface area contributed by atoms with E-state index < -0.39 is 22.0 Å². The molecule has 1 aliphatic rings. The Balaban J connectivity index is 1.57. The van der Waals surface area contributed by atoms with E-state index in [1.807, 2.05) is 60.4 Å². The molecular weight excluding hydrogens is 536 g/mol. The second-order valence-corrected chi connectivity index (χ2v) is 11.3. The Morgan fingerprint density at radius 1 is 1.10 bits per heavy atom. The number of pyridine rings is 1. The van der Waals surface area contributed by atoms with E-state index in [1.54, 1.807) is 30.5 Å². The third-order valence-electron chi connectivity index (χ3n) is 6.37. The second kappa shape index (κ2) is 10.5. The van der Waals surface area contributed by atoms with Gasteiger partial charge in [0.25, 0.3) is 0 Å². The fourth-order valence-electron chi connectivity index (χ4n) is 4.62. The summed E-state index contributed by atoms with van der Waals surface area (Å²) >= 11 is 5.78. The van der Waals surface area contributed by atoms with Gasteiger partial charge in [-0.25, -0.2) is 13.2 Å². The molecule has 4 aromatic rings. The van der Waals surface area contributed by atoms with E-state index in [9.17, 15) is 13.2 Å². The van der Waals surface area contributed by atoms with Crippen molar-refractivity contribution in [3.63, 3.8) is 0 Å². The summed E-state index contributed by atoms with van der Waals surface area (Å²) < 4.78 is 37.3. The van der Waals surface area contributed by atoms with Crippen LogP contribution in [0.4, 0.5) is 11.4 Å². The molecule has 5 rings (SSSR count). The lowest BCUT2D eigenvalue weighted by Crippen LogP contribution is -2.29. The number of ether oxygens (including phenoxy) is 1. The van der Waals surface area contributed by atoms with Crippen molar-refractivity contribution in [2.45, 2.75) is 19.0 Å². The molecule has 9 nitrogen and oxygen atoms in total. The van der Waals surface area contributed by atoms with Crippen LogP contribution in [0.3, 0.4) is 0 Å². The van der Waals surface area contributed by atoms with Gasteiger partial charge in [0.2, 0.25) is 10.0 Å². The summed E-state index contributed by atoms with van der Waals surface area (Å²) in [5, 5.41) is 3.86. The van der Waals surface area contributed by atoms with Crippen LogP contribution in [0.5, 0.6) is 0 Å². The Morgan fingerprint density at radius 3 is 2.62 bits per heavy atom. The number of hydrogen-bond donors (Lipinski definition) is 2. The van der Waals surface area contributed by atoms with Crippen molar-refractivity contribution < 1.29 is 22.4 Å². The van der Waals surface area contributed by atoms with Crippen molar-refractivity contribution in [2.24, 2.45) is 0 Å². The highest BCUT2D eigenvalue weighted by atomic mass is 32.2. The smallest absolute Gasteiger partial charge is 0.337 e. The molecule has 0 bridgehead atoms. The van der Waals surface area contributed by atoms with Gasteiger partial charge in [-0.05, 0) is 79.3 Å². The Kier molecular flexibility index (Phi) is 7.11. The minimum absolute atomic E-state index is 0.326. The first-order valence-corrected chi connectivity index (χ1v) is 14.3. The maximum absolute atomic E-state index is 12.0. The van der Waals surface area contributed by atoms with Crippen LogP contribution < -0.4 is 14.9 Å². The monoisotopic (exact) mass is 562 g/mol. The Hall–Kier alpha value is -4.22. The van der Waals surface area contributed by atoms with E-state index in [1.165, 1.54) is 7.11 Å². The Labute approximate surface area is 231 Å². The van der Waals surface area contributed by atoms with E-state index in [0.29, 0.717) is 27.9 Å². The Morgan fingerprint density at radius 2 is 1.92 bits per heavy atom. The van der Waals surface area contributed by atoms with Crippen molar-refractivity contribution in [3.05, 3.63) is 102 Å². The number of hydrogen-bond acceptors (Lipinski definition) is 7. The summed E-state index contributed by atoms with van der Waals surface area (Å²) in [5.74, 6) is 0.782. The summed E-state index contributed by atoms with van der Waals surface area (Å²) in [4.78, 5) is 18.6. The number of carbonyl (C=O) groups excluding carboxylic acids is 1. The normalized spacial score (nSPS) is 17.1. The minimum Gasteiger partial charge on any atom is -0.465 e. The van der Waals surface area contributed by atoms with Crippen LogP contribution in [-0.2, 0) is 14.8 Å². The average Bonchev–Trinajstić information content (AvgIpc) is 3.54. The number of furan rings is 1. The largest absolute Gasteiger partial charge is 0.465 e. The van der Waals surface area contributed by atoms with Crippen LogP contribution in [0.15, 0.2) is 83.4 Å². The molecule has 2 N–H and O–H groups in total. The van der Waals surface area contributed by atoms with Gasteiger partial charge in [0, 0.05) is 17.4 Å². The lowest BCUT2D eigenvalue weighted by atomic mass is 10.0. The van der Waals surface area contributed by atoms with Gasteiger partial charge in [-0.3, -0.25) is 9.71 Å². The lowest BCUT2D eigenvalue weighted by Gasteiger charge is -2.26. The molecule has 0 saturated carbocycles. The molecule has 2 aromatic heterocycles. The molecule has 1 saturated heterocycles. The van der Waals surface area contributed by atoms with Crippen LogP contribution in [0.2, 0.25) is 0 Å². The third kappa shape index (κ3) is 5.50. The topological polar surface area (TPSA) is 114 Å². The highest BCUT2D eigenvalue weighted by Crippen LogP contribution is 2.43. The van der Waals surface area contributed by atoms with Crippen LogP contribution in [0, 0.1) is 6.92 Å². The van der Waals surface area contributed by atoms with Gasteiger partial charge in [0.1, 0.15) is 17.6 Å². The van der Waals surface area contributed by atoms with E-state index in [4.69, 9.17) is 21.4 Å². The molecule has 200 valence electrons. The minimum atomic E-state index is -3.43. The molecule has 1 aliphatic heterocycles. The van der Waals surface area contributed by atoms with Crippen LogP contribution in [-0.4, -0.2) is 37.8 Å². The number of methoxy groups -OCH3 is 1. The average molecular weight is 563 g/mol. The maximum atomic E-state index is 12.0. The third-order valence-corrected chi connectivity index (χ3v) is 7.27. The van der Waals surface area contributed by atoms with Gasteiger partial charge in [-0.2, -0.15) is 0 Å². The van der Waals surface area contributed by atoms with Gasteiger partial charge in [0.15, 0.2) is 5.11 Å². The van der Waals surface area contributed by atoms with E-state index in [-0.39, 0.29) is 6.04 Å². The Bertz CT molecular complexity index is 1650. The predicted octanol–water partition coefficient (Wildman–Crippen LogP) is 4.99. The van der Waals surface area contributed by atoms with Crippen LogP contribution in [0.25, 0.3) is 11.3 Å². The number of rotatable bonds is 7. The number of esters is 1. The first-order chi connectivity index (χ1) is 18.6. The summed E-state index contributed by atoms with van der Waals surface area (Å²) in [7, 11) is -2.09. The summed E-state index contributed by atoms with van der Waals surface area (Å²) in [6.45, 7) is 1.83. The molecule has 39 heavy (non-hydrogen) atoms. The second-order valence-electron chi connectivity index (χ2n) is 9.14. The number of aryl methyl sites for hydroxylation is 1. The van der Waals surface area contributed by atoms with Crippen molar-refractivity contribution in [1.82, 2.24) is 10.3 Å². The van der Waals surface area contributed by atoms with Crippen LogP contribution in [0.1, 0.15) is 39.5 Å². The summed E-state index contributed by atoms with van der Waals surface area (Å²) in [6, 6.07) is 21.1. The zero-order chi connectivity index (χ0) is 27.7. The standard InChI is InChI=1S/C28H26N4O5S2/c1-17-15-20(10-11-21(17)31-39(3,34)35)32-26(25(30-28(32)38)22-9-4-5-14-29-22)24-13-12-23(37-24)18-7-6-8-19(16-18)27(33)36-2/h4-16,25-26,31H,1-3H3,(H,30,38)/t25-,26+/m0/s1. The number of thiocarbonyl (C=S) groups is 1. The number of sulfonamides is 1. The predicted molar refractivity (Wildman–Crippen MR) is 153 cm³/mol. The lowest BCUT2D eigenvalue weighted by molar-refractivity contribution is 0.0600. The number of anilines is 2. The molecule has 2 atom stereocenters. The first-order valence-electron chi connectivity index (χ1n) is 12.0. The van der Waals surface area contributed by atoms with Gasteiger partial charge in [-0.1, -0.05) is 18.2 Å².